The lowest BCUT2D eigenvalue weighted by Gasteiger charge is -2.34. The Labute approximate surface area is 167 Å². The van der Waals surface area contributed by atoms with E-state index in [-0.39, 0.29) is 29.8 Å². The number of nitrogens with zero attached hydrogens (tertiary/aromatic N) is 3. The molecular formula is C22H20FN3O3. The summed E-state index contributed by atoms with van der Waals surface area (Å²) in [6, 6.07) is 17.1. The van der Waals surface area contributed by atoms with Gasteiger partial charge in [-0.3, -0.25) is 9.59 Å². The zero-order valence-corrected chi connectivity index (χ0v) is 15.8. The molecule has 1 fully saturated rings. The van der Waals surface area contributed by atoms with Crippen molar-refractivity contribution >= 4 is 11.8 Å². The minimum Gasteiger partial charge on any atom is -0.350 e. The fraction of sp³-hybridized carbons (Fsp3) is 0.227. The predicted molar refractivity (Wildman–Crippen MR) is 105 cm³/mol. The first kappa shape index (κ1) is 18.9. The van der Waals surface area contributed by atoms with Gasteiger partial charge in [-0.25, -0.2) is 4.39 Å². The Bertz CT molecular complexity index is 994. The van der Waals surface area contributed by atoms with Crippen LogP contribution >= 0.6 is 0 Å². The molecule has 0 bridgehead atoms. The first-order chi connectivity index (χ1) is 14.1. The molecule has 0 unspecified atom stereocenters. The van der Waals surface area contributed by atoms with Gasteiger partial charge in [-0.1, -0.05) is 47.6 Å². The third-order valence-electron chi connectivity index (χ3n) is 4.98. The van der Waals surface area contributed by atoms with Gasteiger partial charge in [0.2, 0.25) is 11.7 Å². The van der Waals surface area contributed by atoms with Crippen LogP contribution in [-0.2, 0) is 11.2 Å². The van der Waals surface area contributed by atoms with Crippen LogP contribution in [0.1, 0.15) is 16.1 Å². The molecule has 2 aromatic carbocycles. The number of carbonyl (C=O) groups is 2. The quantitative estimate of drug-likeness (QED) is 0.684. The number of aromatic nitrogens is 1. The summed E-state index contributed by atoms with van der Waals surface area (Å²) in [5.74, 6) is -0.397. The van der Waals surface area contributed by atoms with E-state index in [9.17, 15) is 14.0 Å². The van der Waals surface area contributed by atoms with Gasteiger partial charge < -0.3 is 14.3 Å². The average Bonchev–Trinajstić information content (AvgIpc) is 3.26. The lowest BCUT2D eigenvalue weighted by molar-refractivity contribution is -0.131. The van der Waals surface area contributed by atoms with E-state index in [4.69, 9.17) is 4.52 Å². The minimum absolute atomic E-state index is 0.0327. The molecule has 1 aromatic heterocycles. The van der Waals surface area contributed by atoms with E-state index in [0.29, 0.717) is 31.9 Å². The molecule has 0 spiro atoms. The van der Waals surface area contributed by atoms with Crippen molar-refractivity contribution in [2.75, 3.05) is 26.2 Å². The maximum absolute atomic E-state index is 13.0. The highest BCUT2D eigenvalue weighted by Crippen LogP contribution is 2.20. The Balaban J connectivity index is 1.33. The summed E-state index contributed by atoms with van der Waals surface area (Å²) in [5, 5.41) is 3.98. The molecule has 0 saturated carbocycles. The molecule has 1 aliphatic heterocycles. The van der Waals surface area contributed by atoms with Crippen LogP contribution in [0.25, 0.3) is 11.3 Å². The summed E-state index contributed by atoms with van der Waals surface area (Å²) in [7, 11) is 0. The zero-order valence-electron chi connectivity index (χ0n) is 15.8. The molecule has 0 N–H and O–H groups in total. The Morgan fingerprint density at radius 1 is 0.931 bits per heavy atom. The van der Waals surface area contributed by atoms with Gasteiger partial charge in [-0.2, -0.15) is 0 Å². The Hall–Kier alpha value is -3.48. The van der Waals surface area contributed by atoms with Gasteiger partial charge in [0.25, 0.3) is 5.91 Å². The van der Waals surface area contributed by atoms with E-state index >= 15 is 0 Å². The van der Waals surface area contributed by atoms with E-state index in [1.165, 1.54) is 12.1 Å². The third kappa shape index (κ3) is 4.34. The van der Waals surface area contributed by atoms with Crippen LogP contribution in [0.5, 0.6) is 0 Å². The molecular weight excluding hydrogens is 373 g/mol. The Morgan fingerprint density at radius 2 is 1.59 bits per heavy atom. The van der Waals surface area contributed by atoms with Crippen molar-refractivity contribution in [1.82, 2.24) is 15.0 Å². The molecule has 6 nitrogen and oxygen atoms in total. The van der Waals surface area contributed by atoms with Crippen molar-refractivity contribution in [3.05, 3.63) is 77.8 Å². The second kappa shape index (κ2) is 8.26. The highest BCUT2D eigenvalue weighted by atomic mass is 19.1. The van der Waals surface area contributed by atoms with Crippen LogP contribution in [0.2, 0.25) is 0 Å². The summed E-state index contributed by atoms with van der Waals surface area (Å²) in [6.45, 7) is 1.75. The number of piperazine rings is 1. The highest BCUT2D eigenvalue weighted by Gasteiger charge is 2.27. The number of rotatable bonds is 4. The molecule has 0 aliphatic carbocycles. The zero-order chi connectivity index (χ0) is 20.2. The van der Waals surface area contributed by atoms with E-state index in [0.717, 1.165) is 11.1 Å². The first-order valence-corrected chi connectivity index (χ1v) is 9.44. The molecule has 2 heterocycles. The summed E-state index contributed by atoms with van der Waals surface area (Å²) in [4.78, 5) is 28.5. The summed E-state index contributed by atoms with van der Waals surface area (Å²) in [6.07, 6.45) is 0.219. The SMILES string of the molecule is O=C(Cc1ccc(F)cc1)N1CCN(C(=O)c2cc(-c3ccccc3)no2)CC1. The molecule has 7 heteroatoms. The maximum atomic E-state index is 13.0. The molecule has 1 saturated heterocycles. The van der Waals surface area contributed by atoms with Gasteiger partial charge in [0.05, 0.1) is 6.42 Å². The molecule has 0 atom stereocenters. The van der Waals surface area contributed by atoms with Crippen molar-refractivity contribution in [2.24, 2.45) is 0 Å². The second-order valence-corrected chi connectivity index (χ2v) is 6.92. The third-order valence-corrected chi connectivity index (χ3v) is 4.98. The van der Waals surface area contributed by atoms with Crippen LogP contribution < -0.4 is 0 Å². The lowest BCUT2D eigenvalue weighted by Crippen LogP contribution is -2.50. The lowest BCUT2D eigenvalue weighted by atomic mass is 10.1. The maximum Gasteiger partial charge on any atom is 0.292 e. The summed E-state index contributed by atoms with van der Waals surface area (Å²) >= 11 is 0. The number of amides is 2. The molecule has 148 valence electrons. The topological polar surface area (TPSA) is 66.7 Å². The minimum atomic E-state index is -0.323. The fourth-order valence-corrected chi connectivity index (χ4v) is 3.32. The van der Waals surface area contributed by atoms with Crippen molar-refractivity contribution in [3.63, 3.8) is 0 Å². The van der Waals surface area contributed by atoms with Gasteiger partial charge in [0.1, 0.15) is 11.5 Å². The van der Waals surface area contributed by atoms with Crippen LogP contribution in [0.4, 0.5) is 4.39 Å². The molecule has 2 amide bonds. The predicted octanol–water partition coefficient (Wildman–Crippen LogP) is 3.01. The van der Waals surface area contributed by atoms with Gasteiger partial charge in [-0.05, 0) is 17.7 Å². The van der Waals surface area contributed by atoms with E-state index in [2.05, 4.69) is 5.16 Å². The van der Waals surface area contributed by atoms with Crippen LogP contribution in [0.3, 0.4) is 0 Å². The normalized spacial score (nSPS) is 14.1. The summed E-state index contributed by atoms with van der Waals surface area (Å²) in [5.41, 5.74) is 2.26. The number of carbonyl (C=O) groups excluding carboxylic acids is 2. The monoisotopic (exact) mass is 393 g/mol. The standard InChI is InChI=1S/C22H20FN3O3/c23-18-8-6-16(7-9-18)14-21(27)25-10-12-26(13-11-25)22(28)20-15-19(24-29-20)17-4-2-1-3-5-17/h1-9,15H,10-14H2. The molecule has 4 rings (SSSR count). The number of benzene rings is 2. The van der Waals surface area contributed by atoms with Crippen molar-refractivity contribution in [1.29, 1.82) is 0 Å². The fourth-order valence-electron chi connectivity index (χ4n) is 3.32. The Kier molecular flexibility index (Phi) is 5.37. The van der Waals surface area contributed by atoms with E-state index in [1.54, 1.807) is 28.0 Å². The van der Waals surface area contributed by atoms with Gasteiger partial charge in [-0.15, -0.1) is 0 Å². The largest absolute Gasteiger partial charge is 0.350 e. The molecule has 0 radical (unpaired) electrons. The van der Waals surface area contributed by atoms with Crippen LogP contribution in [-0.4, -0.2) is 52.9 Å². The number of hydrogen-bond donors (Lipinski definition) is 0. The van der Waals surface area contributed by atoms with Gasteiger partial charge >= 0.3 is 0 Å². The van der Waals surface area contributed by atoms with Crippen molar-refractivity contribution < 1.29 is 18.5 Å². The number of hydrogen-bond acceptors (Lipinski definition) is 4. The van der Waals surface area contributed by atoms with Crippen molar-refractivity contribution in [3.8, 4) is 11.3 Å². The van der Waals surface area contributed by atoms with Crippen LogP contribution in [0, 0.1) is 5.82 Å². The Morgan fingerprint density at radius 3 is 2.28 bits per heavy atom. The van der Waals surface area contributed by atoms with E-state index in [1.807, 2.05) is 30.3 Å². The smallest absolute Gasteiger partial charge is 0.292 e. The van der Waals surface area contributed by atoms with E-state index < -0.39 is 0 Å². The average molecular weight is 393 g/mol. The van der Waals surface area contributed by atoms with Gasteiger partial charge in [0, 0.05) is 37.8 Å². The molecule has 3 aromatic rings. The molecule has 1 aliphatic rings. The summed E-state index contributed by atoms with van der Waals surface area (Å²) < 4.78 is 18.2. The first-order valence-electron chi connectivity index (χ1n) is 9.44. The van der Waals surface area contributed by atoms with Crippen LogP contribution in [0.15, 0.2) is 65.2 Å². The second-order valence-electron chi connectivity index (χ2n) is 6.92. The molecule has 29 heavy (non-hydrogen) atoms. The highest BCUT2D eigenvalue weighted by molar-refractivity contribution is 5.92. The van der Waals surface area contributed by atoms with Gasteiger partial charge in [0.15, 0.2) is 0 Å². The van der Waals surface area contributed by atoms with Crippen molar-refractivity contribution in [2.45, 2.75) is 6.42 Å². The number of halogens is 1.